The number of nitrogens with one attached hydrogen (secondary N) is 1. The Balaban J connectivity index is 1.68. The van der Waals surface area contributed by atoms with Gasteiger partial charge in [-0.05, 0) is 49.6 Å². The number of hydrogen-bond acceptors (Lipinski definition) is 7. The number of carbonyl (C=O) groups is 2. The molecule has 2 heterocycles. The Morgan fingerprint density at radius 2 is 1.75 bits per heavy atom. The van der Waals surface area contributed by atoms with Crippen LogP contribution in [0.3, 0.4) is 0 Å². The number of aromatic nitrogens is 2. The summed E-state index contributed by atoms with van der Waals surface area (Å²) in [5, 5.41) is 11.5. The Kier molecular flexibility index (Phi) is 7.21. The van der Waals surface area contributed by atoms with Crippen LogP contribution in [0.5, 0.6) is 17.2 Å². The molecular formula is C31H31N3O6. The first-order chi connectivity index (χ1) is 19.3. The third kappa shape index (κ3) is 4.64. The normalized spacial score (nSPS) is 16.5. The Labute approximate surface area is 232 Å². The fourth-order valence-electron chi connectivity index (χ4n) is 4.97. The van der Waals surface area contributed by atoms with Gasteiger partial charge < -0.3 is 24.3 Å². The van der Waals surface area contributed by atoms with Crippen LogP contribution in [-0.2, 0) is 9.59 Å². The second-order valence-electron chi connectivity index (χ2n) is 9.70. The lowest BCUT2D eigenvalue weighted by molar-refractivity contribution is -0.132. The fraction of sp³-hybridized carbons (Fsp3) is 0.258. The van der Waals surface area contributed by atoms with Crippen LogP contribution in [-0.4, -0.2) is 47.6 Å². The zero-order valence-electron chi connectivity index (χ0n) is 23.1. The summed E-state index contributed by atoms with van der Waals surface area (Å²) in [5.41, 5.74) is 3.92. The minimum absolute atomic E-state index is 0.0205. The summed E-state index contributed by atoms with van der Waals surface area (Å²) < 4.78 is 16.6. The lowest BCUT2D eigenvalue weighted by atomic mass is 9.94. The third-order valence-electron chi connectivity index (χ3n) is 6.92. The predicted molar refractivity (Wildman–Crippen MR) is 152 cm³/mol. The van der Waals surface area contributed by atoms with Crippen molar-refractivity contribution in [2.75, 3.05) is 25.7 Å². The molecule has 206 valence electrons. The lowest BCUT2D eigenvalue weighted by Crippen LogP contribution is -2.30. The third-order valence-corrected chi connectivity index (χ3v) is 6.92. The van der Waals surface area contributed by atoms with Gasteiger partial charge in [0.25, 0.3) is 5.78 Å². The molecule has 4 aromatic rings. The van der Waals surface area contributed by atoms with Crippen molar-refractivity contribution in [3.8, 4) is 17.2 Å². The maximum atomic E-state index is 13.6. The first-order valence-electron chi connectivity index (χ1n) is 13.0. The van der Waals surface area contributed by atoms with E-state index in [1.165, 1.54) is 19.1 Å². The Morgan fingerprint density at radius 1 is 1.00 bits per heavy atom. The van der Waals surface area contributed by atoms with Crippen molar-refractivity contribution >= 4 is 34.4 Å². The number of aliphatic hydroxyl groups is 1. The van der Waals surface area contributed by atoms with Gasteiger partial charge in [0.2, 0.25) is 5.95 Å². The van der Waals surface area contributed by atoms with Gasteiger partial charge in [0.1, 0.15) is 11.5 Å². The zero-order chi connectivity index (χ0) is 28.6. The molecule has 1 unspecified atom stereocenters. The van der Waals surface area contributed by atoms with Crippen molar-refractivity contribution in [1.29, 1.82) is 0 Å². The van der Waals surface area contributed by atoms with E-state index in [9.17, 15) is 14.7 Å². The first-order valence-corrected chi connectivity index (χ1v) is 13.0. The second-order valence-corrected chi connectivity index (χ2v) is 9.70. The number of H-pyrrole nitrogens is 1. The van der Waals surface area contributed by atoms with Crippen LogP contribution in [0.1, 0.15) is 41.6 Å². The molecular weight excluding hydrogens is 510 g/mol. The van der Waals surface area contributed by atoms with Gasteiger partial charge in [0, 0.05) is 17.7 Å². The molecule has 1 aliphatic rings. The Morgan fingerprint density at radius 3 is 2.42 bits per heavy atom. The van der Waals surface area contributed by atoms with Gasteiger partial charge in [-0.2, -0.15) is 0 Å². The highest BCUT2D eigenvalue weighted by atomic mass is 16.5. The molecule has 40 heavy (non-hydrogen) atoms. The number of ether oxygens (including phenoxy) is 3. The number of imidazole rings is 1. The molecule has 1 fully saturated rings. The molecule has 1 atom stereocenters. The highest BCUT2D eigenvalue weighted by Crippen LogP contribution is 2.43. The molecule has 1 aromatic heterocycles. The number of hydrogen-bond donors (Lipinski definition) is 2. The predicted octanol–water partition coefficient (Wildman–Crippen LogP) is 5.61. The molecule has 2 N–H and O–H groups in total. The molecule has 0 saturated carbocycles. The van der Waals surface area contributed by atoms with Crippen LogP contribution < -0.4 is 19.1 Å². The number of amides is 1. The number of methoxy groups -OCH3 is 2. The van der Waals surface area contributed by atoms with E-state index in [1.807, 2.05) is 45.0 Å². The Bertz CT molecular complexity index is 1610. The fourth-order valence-corrected chi connectivity index (χ4v) is 4.97. The zero-order valence-corrected chi connectivity index (χ0v) is 23.1. The van der Waals surface area contributed by atoms with Crippen molar-refractivity contribution < 1.29 is 28.9 Å². The van der Waals surface area contributed by atoms with Gasteiger partial charge in [-0.3, -0.25) is 14.5 Å². The lowest BCUT2D eigenvalue weighted by Gasteiger charge is -2.23. The highest BCUT2D eigenvalue weighted by Gasteiger charge is 2.48. The summed E-state index contributed by atoms with van der Waals surface area (Å²) in [4.78, 5) is 36.2. The van der Waals surface area contributed by atoms with Gasteiger partial charge in [-0.25, -0.2) is 4.98 Å². The van der Waals surface area contributed by atoms with Gasteiger partial charge in [-0.1, -0.05) is 36.8 Å². The molecule has 1 amide bonds. The van der Waals surface area contributed by atoms with Gasteiger partial charge >= 0.3 is 5.91 Å². The smallest absolute Gasteiger partial charge is 0.302 e. The average molecular weight is 542 g/mol. The molecule has 5 rings (SSSR count). The van der Waals surface area contributed by atoms with Gasteiger partial charge in [0.05, 0.1) is 43.5 Å². The van der Waals surface area contributed by atoms with Crippen molar-refractivity contribution in [2.45, 2.75) is 33.2 Å². The summed E-state index contributed by atoms with van der Waals surface area (Å²) in [6, 6.07) is 15.2. The van der Waals surface area contributed by atoms with Crippen LogP contribution in [0.2, 0.25) is 0 Å². The number of aromatic amines is 1. The van der Waals surface area contributed by atoms with Crippen LogP contribution in [0.25, 0.3) is 16.8 Å². The summed E-state index contributed by atoms with van der Waals surface area (Å²) in [7, 11) is 3.05. The molecule has 0 bridgehead atoms. The molecule has 9 heteroatoms. The molecule has 1 saturated heterocycles. The average Bonchev–Trinajstić information content (AvgIpc) is 3.48. The van der Waals surface area contributed by atoms with E-state index in [0.29, 0.717) is 46.0 Å². The molecule has 0 aliphatic carbocycles. The molecule has 0 radical (unpaired) electrons. The van der Waals surface area contributed by atoms with E-state index in [2.05, 4.69) is 9.97 Å². The van der Waals surface area contributed by atoms with E-state index in [0.717, 1.165) is 17.5 Å². The van der Waals surface area contributed by atoms with E-state index in [4.69, 9.17) is 14.2 Å². The standard InChI is InChI=1S/C31H31N3O6/c1-6-12-40-23-11-10-20(14-18(23)3)28(35)26-27(19-9-7-8-17(2)13-19)34(30(37)29(26)36)31-32-21-15-24(38-4)25(39-5)16-22(21)33-31/h7-11,13-16,27,35H,6,12H2,1-5H3,(H,32,33)/b28-26+. The quantitative estimate of drug-likeness (QED) is 0.169. The summed E-state index contributed by atoms with van der Waals surface area (Å²) in [6.45, 7) is 6.39. The van der Waals surface area contributed by atoms with Crippen molar-refractivity contribution in [3.05, 3.63) is 82.4 Å². The van der Waals surface area contributed by atoms with Crippen LogP contribution in [0, 0.1) is 13.8 Å². The van der Waals surface area contributed by atoms with Crippen LogP contribution in [0.15, 0.2) is 60.2 Å². The maximum absolute atomic E-state index is 13.6. The van der Waals surface area contributed by atoms with Gasteiger partial charge in [-0.15, -0.1) is 0 Å². The molecule has 9 nitrogen and oxygen atoms in total. The van der Waals surface area contributed by atoms with Crippen molar-refractivity contribution in [1.82, 2.24) is 9.97 Å². The highest BCUT2D eigenvalue weighted by molar-refractivity contribution is 6.51. The number of aliphatic hydroxyl groups excluding tert-OH is 1. The monoisotopic (exact) mass is 541 g/mol. The minimum atomic E-state index is -0.916. The molecule has 0 spiro atoms. The van der Waals surface area contributed by atoms with E-state index in [-0.39, 0.29) is 17.3 Å². The number of benzene rings is 3. The van der Waals surface area contributed by atoms with Crippen LogP contribution >= 0.6 is 0 Å². The number of anilines is 1. The minimum Gasteiger partial charge on any atom is -0.507 e. The number of rotatable bonds is 8. The number of Topliss-reactive ketones (excluding diaryl/α,β-unsaturated/α-hetero) is 1. The topological polar surface area (TPSA) is 114 Å². The molecule has 3 aromatic carbocycles. The number of ketones is 1. The summed E-state index contributed by atoms with van der Waals surface area (Å²) >= 11 is 0. The second kappa shape index (κ2) is 10.8. The molecule has 1 aliphatic heterocycles. The van der Waals surface area contributed by atoms with Gasteiger partial charge in [0.15, 0.2) is 11.5 Å². The van der Waals surface area contributed by atoms with Crippen molar-refractivity contribution in [3.63, 3.8) is 0 Å². The number of nitrogens with zero attached hydrogens (tertiary/aromatic N) is 2. The van der Waals surface area contributed by atoms with E-state index in [1.54, 1.807) is 30.3 Å². The Hall–Kier alpha value is -4.79. The maximum Gasteiger partial charge on any atom is 0.302 e. The van der Waals surface area contributed by atoms with E-state index < -0.39 is 17.7 Å². The van der Waals surface area contributed by atoms with Crippen molar-refractivity contribution in [2.24, 2.45) is 0 Å². The number of carbonyl (C=O) groups excluding carboxylic acids is 2. The first kappa shape index (κ1) is 26.8. The number of aryl methyl sites for hydroxylation is 2. The summed E-state index contributed by atoms with van der Waals surface area (Å²) in [6.07, 6.45) is 0.864. The largest absolute Gasteiger partial charge is 0.507 e. The van der Waals surface area contributed by atoms with E-state index >= 15 is 0 Å². The summed E-state index contributed by atoms with van der Waals surface area (Å²) in [5.74, 6) is -0.0397. The van der Waals surface area contributed by atoms with Crippen LogP contribution in [0.4, 0.5) is 5.95 Å². The SMILES string of the molecule is CCCOc1ccc(/C(O)=C2\C(=O)C(=O)N(c3nc4cc(OC)c(OC)cc4[nH]3)C2c2cccc(C)c2)cc1C. The number of fused-ring (bicyclic) bond motifs is 1.